The van der Waals surface area contributed by atoms with Gasteiger partial charge in [-0.25, -0.2) is 0 Å². The fourth-order valence-corrected chi connectivity index (χ4v) is 1.13. The molecule has 2 unspecified atom stereocenters. The molecular weight excluding hydrogens is 166 g/mol. The second-order valence-corrected chi connectivity index (χ2v) is 3.93. The maximum absolute atomic E-state index is 9.10. The van der Waals surface area contributed by atoms with Crippen molar-refractivity contribution in [2.24, 2.45) is 5.92 Å². The van der Waals surface area contributed by atoms with Gasteiger partial charge in [-0.3, -0.25) is 0 Å². The average molecular weight is 189 g/mol. The van der Waals surface area contributed by atoms with Gasteiger partial charge in [0.25, 0.3) is 0 Å². The van der Waals surface area contributed by atoms with E-state index in [1.165, 1.54) is 0 Å². The van der Waals surface area contributed by atoms with E-state index in [0.29, 0.717) is 5.92 Å². The Labute approximate surface area is 81.5 Å². The van der Waals surface area contributed by atoms with Gasteiger partial charge in [-0.05, 0) is 19.8 Å². The smallest absolute Gasteiger partial charge is 0.0693 e. The van der Waals surface area contributed by atoms with E-state index in [4.69, 9.17) is 9.84 Å². The lowest BCUT2D eigenvalue weighted by Gasteiger charge is -2.27. The lowest BCUT2D eigenvalue weighted by atomic mass is 10.0. The number of hydrogen-bond acceptors (Lipinski definition) is 3. The maximum atomic E-state index is 9.10. The molecule has 0 spiro atoms. The molecule has 2 N–H and O–H groups in total. The molecule has 0 aromatic carbocycles. The third kappa shape index (κ3) is 4.60. The molecule has 3 heteroatoms. The number of hydrogen-bond donors (Lipinski definition) is 2. The van der Waals surface area contributed by atoms with Crippen LogP contribution in [0, 0.1) is 5.92 Å². The van der Waals surface area contributed by atoms with E-state index in [0.717, 1.165) is 0 Å². The third-order valence-electron chi connectivity index (χ3n) is 2.55. The molecule has 0 aliphatic rings. The van der Waals surface area contributed by atoms with Gasteiger partial charge in [-0.1, -0.05) is 13.8 Å². The van der Waals surface area contributed by atoms with Gasteiger partial charge in [-0.15, -0.1) is 0 Å². The SMILES string of the molecule is COC(C)C(C)N[C@H](CO)C(C)C. The van der Waals surface area contributed by atoms with Crippen molar-refractivity contribution in [3.05, 3.63) is 0 Å². The predicted molar refractivity (Wildman–Crippen MR) is 54.8 cm³/mol. The maximum Gasteiger partial charge on any atom is 0.0693 e. The molecule has 0 rings (SSSR count). The molecule has 0 aromatic rings. The second kappa shape index (κ2) is 6.35. The van der Waals surface area contributed by atoms with E-state index in [-0.39, 0.29) is 24.8 Å². The minimum atomic E-state index is 0.160. The number of rotatable bonds is 6. The Balaban J connectivity index is 3.93. The molecule has 0 aliphatic heterocycles. The Hall–Kier alpha value is -0.120. The Morgan fingerprint density at radius 1 is 1.23 bits per heavy atom. The molecule has 0 saturated carbocycles. The van der Waals surface area contributed by atoms with Crippen LogP contribution in [0.5, 0.6) is 0 Å². The van der Waals surface area contributed by atoms with Crippen molar-refractivity contribution in [3.63, 3.8) is 0 Å². The van der Waals surface area contributed by atoms with Crippen LogP contribution in [0.1, 0.15) is 27.7 Å². The van der Waals surface area contributed by atoms with Gasteiger partial charge in [0.05, 0.1) is 12.7 Å². The largest absolute Gasteiger partial charge is 0.395 e. The molecule has 13 heavy (non-hydrogen) atoms. The van der Waals surface area contributed by atoms with Crippen molar-refractivity contribution in [3.8, 4) is 0 Å². The van der Waals surface area contributed by atoms with Crippen LogP contribution >= 0.6 is 0 Å². The highest BCUT2D eigenvalue weighted by molar-refractivity contribution is 4.76. The summed E-state index contributed by atoms with van der Waals surface area (Å²) in [5.41, 5.74) is 0. The average Bonchev–Trinajstić information content (AvgIpc) is 2.11. The van der Waals surface area contributed by atoms with Crippen molar-refractivity contribution in [1.82, 2.24) is 5.32 Å². The zero-order valence-corrected chi connectivity index (χ0v) is 9.37. The summed E-state index contributed by atoms with van der Waals surface area (Å²) in [6.07, 6.45) is 0.174. The number of nitrogens with one attached hydrogen (secondary N) is 1. The molecule has 80 valence electrons. The number of methoxy groups -OCH3 is 1. The molecule has 0 aromatic heterocycles. The van der Waals surface area contributed by atoms with Crippen molar-refractivity contribution in [2.75, 3.05) is 13.7 Å². The highest BCUT2D eigenvalue weighted by atomic mass is 16.5. The Morgan fingerprint density at radius 2 is 1.77 bits per heavy atom. The molecular formula is C10H23NO2. The molecule has 0 bridgehead atoms. The predicted octanol–water partition coefficient (Wildman–Crippen LogP) is 1.02. The molecule has 0 amide bonds. The Bertz CT molecular complexity index is 128. The first kappa shape index (κ1) is 12.9. The number of aliphatic hydroxyl groups excluding tert-OH is 1. The van der Waals surface area contributed by atoms with Crippen LogP contribution in [0.4, 0.5) is 0 Å². The van der Waals surface area contributed by atoms with Crippen LogP contribution in [-0.2, 0) is 4.74 Å². The van der Waals surface area contributed by atoms with Crippen molar-refractivity contribution < 1.29 is 9.84 Å². The quantitative estimate of drug-likeness (QED) is 0.655. The Morgan fingerprint density at radius 3 is 2.08 bits per heavy atom. The second-order valence-electron chi connectivity index (χ2n) is 3.93. The zero-order chi connectivity index (χ0) is 10.4. The van der Waals surface area contributed by atoms with Gasteiger partial charge < -0.3 is 15.2 Å². The summed E-state index contributed by atoms with van der Waals surface area (Å²) in [7, 11) is 1.70. The molecule has 0 fully saturated rings. The van der Waals surface area contributed by atoms with Crippen LogP contribution in [0.15, 0.2) is 0 Å². The standard InChI is InChI=1S/C10H23NO2/c1-7(2)10(6-12)11-8(3)9(4)13-5/h7-12H,6H2,1-5H3/t8?,9?,10-/m1/s1. The van der Waals surface area contributed by atoms with Crippen molar-refractivity contribution in [1.29, 1.82) is 0 Å². The highest BCUT2D eigenvalue weighted by Gasteiger charge is 2.18. The topological polar surface area (TPSA) is 41.5 Å². The van der Waals surface area contributed by atoms with Crippen LogP contribution in [0.25, 0.3) is 0 Å². The van der Waals surface area contributed by atoms with Gasteiger partial charge in [0.15, 0.2) is 0 Å². The summed E-state index contributed by atoms with van der Waals surface area (Å²) in [4.78, 5) is 0. The van der Waals surface area contributed by atoms with Gasteiger partial charge in [-0.2, -0.15) is 0 Å². The van der Waals surface area contributed by atoms with Gasteiger partial charge in [0.2, 0.25) is 0 Å². The van der Waals surface area contributed by atoms with E-state index in [9.17, 15) is 0 Å². The summed E-state index contributed by atoms with van der Waals surface area (Å²) >= 11 is 0. The van der Waals surface area contributed by atoms with Crippen LogP contribution in [-0.4, -0.2) is 37.0 Å². The van der Waals surface area contributed by atoms with E-state index in [1.807, 2.05) is 6.92 Å². The first-order valence-corrected chi connectivity index (χ1v) is 4.92. The van der Waals surface area contributed by atoms with E-state index in [2.05, 4.69) is 26.1 Å². The normalized spacial score (nSPS) is 18.7. The summed E-state index contributed by atoms with van der Waals surface area (Å²) in [6.45, 7) is 8.46. The van der Waals surface area contributed by atoms with E-state index < -0.39 is 0 Å². The van der Waals surface area contributed by atoms with Gasteiger partial charge in [0, 0.05) is 19.2 Å². The molecule has 0 saturated heterocycles. The van der Waals surface area contributed by atoms with Crippen LogP contribution in [0.2, 0.25) is 0 Å². The number of aliphatic hydroxyl groups is 1. The molecule has 0 heterocycles. The van der Waals surface area contributed by atoms with Gasteiger partial charge in [0.1, 0.15) is 0 Å². The molecule has 3 atom stereocenters. The summed E-state index contributed by atoms with van der Waals surface area (Å²) in [6, 6.07) is 0.428. The molecule has 0 radical (unpaired) electrons. The first-order chi connectivity index (χ1) is 6.02. The summed E-state index contributed by atoms with van der Waals surface area (Å²) < 4.78 is 5.19. The fourth-order valence-electron chi connectivity index (χ4n) is 1.13. The zero-order valence-electron chi connectivity index (χ0n) is 9.37. The van der Waals surface area contributed by atoms with Crippen molar-refractivity contribution in [2.45, 2.75) is 45.9 Å². The molecule has 0 aliphatic carbocycles. The van der Waals surface area contributed by atoms with E-state index >= 15 is 0 Å². The first-order valence-electron chi connectivity index (χ1n) is 4.92. The highest BCUT2D eigenvalue weighted by Crippen LogP contribution is 2.04. The fraction of sp³-hybridized carbons (Fsp3) is 1.00. The van der Waals surface area contributed by atoms with Crippen molar-refractivity contribution >= 4 is 0 Å². The third-order valence-corrected chi connectivity index (χ3v) is 2.55. The van der Waals surface area contributed by atoms with Gasteiger partial charge >= 0.3 is 0 Å². The number of ether oxygens (including phenoxy) is 1. The van der Waals surface area contributed by atoms with E-state index in [1.54, 1.807) is 7.11 Å². The minimum Gasteiger partial charge on any atom is -0.395 e. The van der Waals surface area contributed by atoms with Crippen LogP contribution < -0.4 is 5.32 Å². The summed E-state index contributed by atoms with van der Waals surface area (Å²) in [5, 5.41) is 12.4. The monoisotopic (exact) mass is 189 g/mol. The lowest BCUT2D eigenvalue weighted by Crippen LogP contribution is -2.47. The lowest BCUT2D eigenvalue weighted by molar-refractivity contribution is 0.0752. The summed E-state index contributed by atoms with van der Waals surface area (Å²) in [5.74, 6) is 0.441. The van der Waals surface area contributed by atoms with Crippen LogP contribution in [0.3, 0.4) is 0 Å². The Kier molecular flexibility index (Phi) is 6.29. The minimum absolute atomic E-state index is 0.160. The molecule has 3 nitrogen and oxygen atoms in total.